The number of cyclic esters (lactones) is 1. The maximum atomic E-state index is 13.1. The van der Waals surface area contributed by atoms with E-state index in [1.54, 1.807) is 18.6 Å². The number of carbonyl (C=O) groups is 3. The quantitative estimate of drug-likeness (QED) is 0.737. The zero-order chi connectivity index (χ0) is 19.4. The van der Waals surface area contributed by atoms with Gasteiger partial charge in [-0.25, -0.2) is 0 Å². The van der Waals surface area contributed by atoms with Crippen molar-refractivity contribution in [2.45, 2.75) is 52.1 Å². The first kappa shape index (κ1) is 18.3. The second kappa shape index (κ2) is 6.21. The topological polar surface area (TPSA) is 82.8 Å². The van der Waals surface area contributed by atoms with Crippen LogP contribution in [0, 0.1) is 28.6 Å². The Morgan fingerprint density at radius 3 is 2.67 bits per heavy atom. The maximum Gasteiger partial charge on any atom is 0.310 e. The van der Waals surface area contributed by atoms with Crippen LogP contribution in [0.2, 0.25) is 0 Å². The molecule has 1 saturated heterocycles. The number of furan rings is 1. The summed E-state index contributed by atoms with van der Waals surface area (Å²) in [4.78, 5) is 38.4. The van der Waals surface area contributed by atoms with E-state index in [-0.39, 0.29) is 35.5 Å². The summed E-state index contributed by atoms with van der Waals surface area (Å²) in [6.07, 6.45) is 5.43. The van der Waals surface area contributed by atoms with Crippen LogP contribution in [0.4, 0.5) is 0 Å². The number of hydrogen-bond acceptors (Lipinski definition) is 6. The Labute approximate surface area is 158 Å². The number of ether oxygens (including phenoxy) is 2. The first-order valence-electron chi connectivity index (χ1n) is 9.64. The molecule has 0 bridgehead atoms. The zero-order valence-electron chi connectivity index (χ0n) is 16.0. The molecule has 2 saturated carbocycles. The molecule has 2 heterocycles. The molecule has 0 radical (unpaired) electrons. The molecule has 3 fully saturated rings. The van der Waals surface area contributed by atoms with Crippen LogP contribution in [0.1, 0.15) is 57.6 Å². The Balaban J connectivity index is 1.76. The highest BCUT2D eigenvalue weighted by Crippen LogP contribution is 2.64. The number of hydrogen-bond donors (Lipinski definition) is 0. The molecule has 0 N–H and O–H groups in total. The van der Waals surface area contributed by atoms with E-state index in [1.807, 2.05) is 13.8 Å². The molecular formula is C21H26O6. The third kappa shape index (κ3) is 2.56. The van der Waals surface area contributed by atoms with Crippen LogP contribution in [0.5, 0.6) is 0 Å². The van der Waals surface area contributed by atoms with E-state index in [4.69, 9.17) is 13.9 Å². The van der Waals surface area contributed by atoms with Gasteiger partial charge in [-0.2, -0.15) is 0 Å². The van der Waals surface area contributed by atoms with Crippen LogP contribution in [0.3, 0.4) is 0 Å². The minimum Gasteiger partial charge on any atom is -0.472 e. The Morgan fingerprint density at radius 2 is 2.00 bits per heavy atom. The van der Waals surface area contributed by atoms with Crippen molar-refractivity contribution >= 4 is 17.7 Å². The predicted octanol–water partition coefficient (Wildman–Crippen LogP) is 3.46. The van der Waals surface area contributed by atoms with Gasteiger partial charge in [0, 0.05) is 17.9 Å². The average molecular weight is 374 g/mol. The lowest BCUT2D eigenvalue weighted by Crippen LogP contribution is -2.61. The fraction of sp³-hybridized carbons (Fsp3) is 0.667. The SMILES string of the molecule is COC(=O)[C@@H]1CCC(=O)[C@H]2[C@@]1(C)CC[C@H]1C(=O)O[C@H](c3ccoc3)C[C@]21C. The van der Waals surface area contributed by atoms with Crippen LogP contribution in [-0.4, -0.2) is 24.8 Å². The number of esters is 2. The summed E-state index contributed by atoms with van der Waals surface area (Å²) in [5.74, 6) is -1.33. The third-order valence-electron chi connectivity index (χ3n) is 7.45. The summed E-state index contributed by atoms with van der Waals surface area (Å²) >= 11 is 0. The Bertz CT molecular complexity index is 768. The highest BCUT2D eigenvalue weighted by atomic mass is 16.5. The molecule has 0 aromatic carbocycles. The Hall–Kier alpha value is -2.11. The molecule has 27 heavy (non-hydrogen) atoms. The van der Waals surface area contributed by atoms with Crippen LogP contribution in [-0.2, 0) is 23.9 Å². The number of rotatable bonds is 2. The van der Waals surface area contributed by atoms with Crippen molar-refractivity contribution in [3.63, 3.8) is 0 Å². The number of methoxy groups -OCH3 is 1. The maximum absolute atomic E-state index is 13.1. The van der Waals surface area contributed by atoms with Crippen molar-refractivity contribution in [3.05, 3.63) is 24.2 Å². The fourth-order valence-corrected chi connectivity index (χ4v) is 6.24. The predicted molar refractivity (Wildman–Crippen MR) is 94.3 cm³/mol. The Kier molecular flexibility index (Phi) is 4.20. The Morgan fingerprint density at radius 1 is 1.22 bits per heavy atom. The lowest BCUT2D eigenvalue weighted by molar-refractivity contribution is -0.202. The van der Waals surface area contributed by atoms with Gasteiger partial charge in [-0.05, 0) is 42.6 Å². The first-order valence-corrected chi connectivity index (χ1v) is 9.64. The van der Waals surface area contributed by atoms with Gasteiger partial charge >= 0.3 is 11.9 Å². The highest BCUT2D eigenvalue weighted by molar-refractivity contribution is 5.88. The van der Waals surface area contributed by atoms with Crippen molar-refractivity contribution in [2.24, 2.45) is 28.6 Å². The van der Waals surface area contributed by atoms with Crippen molar-refractivity contribution in [2.75, 3.05) is 7.11 Å². The van der Waals surface area contributed by atoms with Gasteiger partial charge in [0.05, 0.1) is 31.5 Å². The van der Waals surface area contributed by atoms with Crippen LogP contribution >= 0.6 is 0 Å². The van der Waals surface area contributed by atoms with E-state index < -0.39 is 16.9 Å². The van der Waals surface area contributed by atoms with E-state index in [9.17, 15) is 14.4 Å². The molecule has 2 aliphatic carbocycles. The monoisotopic (exact) mass is 374 g/mol. The van der Waals surface area contributed by atoms with Crippen LogP contribution in [0.25, 0.3) is 0 Å². The van der Waals surface area contributed by atoms with Gasteiger partial charge in [0.15, 0.2) is 0 Å². The second-order valence-corrected chi connectivity index (χ2v) is 8.80. The first-order chi connectivity index (χ1) is 12.8. The molecule has 0 unspecified atom stereocenters. The van der Waals surface area contributed by atoms with Crippen molar-refractivity contribution < 1.29 is 28.3 Å². The summed E-state index contributed by atoms with van der Waals surface area (Å²) in [5, 5.41) is 0. The van der Waals surface area contributed by atoms with Crippen molar-refractivity contribution in [3.8, 4) is 0 Å². The van der Waals surface area contributed by atoms with E-state index in [0.29, 0.717) is 32.1 Å². The minimum atomic E-state index is -0.548. The molecule has 6 heteroatoms. The summed E-state index contributed by atoms with van der Waals surface area (Å²) in [5.41, 5.74) is -0.233. The van der Waals surface area contributed by atoms with E-state index in [0.717, 1.165) is 5.56 Å². The third-order valence-corrected chi connectivity index (χ3v) is 7.45. The lowest BCUT2D eigenvalue weighted by Gasteiger charge is -2.60. The molecule has 1 aromatic rings. The molecule has 6 nitrogen and oxygen atoms in total. The van der Waals surface area contributed by atoms with Crippen LogP contribution in [0.15, 0.2) is 23.0 Å². The average Bonchev–Trinajstić information content (AvgIpc) is 3.14. The van der Waals surface area contributed by atoms with E-state index in [2.05, 4.69) is 0 Å². The fourth-order valence-electron chi connectivity index (χ4n) is 6.24. The molecule has 146 valence electrons. The van der Waals surface area contributed by atoms with Crippen molar-refractivity contribution in [1.29, 1.82) is 0 Å². The minimum absolute atomic E-state index is 0.158. The number of fused-ring (bicyclic) bond motifs is 3. The summed E-state index contributed by atoms with van der Waals surface area (Å²) < 4.78 is 15.9. The number of carbonyl (C=O) groups excluding carboxylic acids is 3. The second-order valence-electron chi connectivity index (χ2n) is 8.80. The van der Waals surface area contributed by atoms with Gasteiger partial charge in [0.2, 0.25) is 0 Å². The van der Waals surface area contributed by atoms with Gasteiger partial charge in [-0.3, -0.25) is 14.4 Å². The van der Waals surface area contributed by atoms with Gasteiger partial charge in [-0.1, -0.05) is 13.8 Å². The van der Waals surface area contributed by atoms with E-state index >= 15 is 0 Å². The smallest absolute Gasteiger partial charge is 0.310 e. The molecule has 4 rings (SSSR count). The molecule has 1 aliphatic heterocycles. The molecule has 0 amide bonds. The largest absolute Gasteiger partial charge is 0.472 e. The van der Waals surface area contributed by atoms with Gasteiger partial charge in [-0.15, -0.1) is 0 Å². The molecular weight excluding hydrogens is 348 g/mol. The standard InChI is InChI=1S/C21H26O6/c1-20-8-6-14-19(24)27-16(12-7-9-26-11-12)10-21(14,2)17(20)15(22)5-4-13(20)18(23)25-3/h7,9,11,13-14,16-17H,4-6,8,10H2,1-3H3/t13-,14-,16-,17-,20-,21-/m0/s1. The van der Waals surface area contributed by atoms with Gasteiger partial charge < -0.3 is 13.9 Å². The zero-order valence-corrected chi connectivity index (χ0v) is 16.0. The normalized spacial score (nSPS) is 41.3. The molecule has 3 aliphatic rings. The summed E-state index contributed by atoms with van der Waals surface area (Å²) in [6, 6.07) is 1.80. The number of Topliss-reactive ketones (excluding diaryl/α,β-unsaturated/α-hetero) is 1. The van der Waals surface area contributed by atoms with Gasteiger partial charge in [0.1, 0.15) is 11.9 Å². The summed E-state index contributed by atoms with van der Waals surface area (Å²) in [6.45, 7) is 4.06. The van der Waals surface area contributed by atoms with Crippen molar-refractivity contribution in [1.82, 2.24) is 0 Å². The molecule has 6 atom stereocenters. The lowest BCUT2D eigenvalue weighted by atomic mass is 9.43. The molecule has 1 aromatic heterocycles. The molecule has 0 spiro atoms. The van der Waals surface area contributed by atoms with E-state index in [1.165, 1.54) is 7.11 Å². The van der Waals surface area contributed by atoms with Gasteiger partial charge in [0.25, 0.3) is 0 Å². The summed E-state index contributed by atoms with van der Waals surface area (Å²) in [7, 11) is 1.40. The van der Waals surface area contributed by atoms with Crippen LogP contribution < -0.4 is 0 Å². The number of ketones is 1. The highest BCUT2D eigenvalue weighted by Gasteiger charge is 2.65.